The second-order valence-corrected chi connectivity index (χ2v) is 11.9. The third-order valence-corrected chi connectivity index (χ3v) is 7.81. The van der Waals surface area contributed by atoms with Gasteiger partial charge >= 0.3 is 0 Å². The summed E-state index contributed by atoms with van der Waals surface area (Å²) in [6, 6.07) is 0. The van der Waals surface area contributed by atoms with Crippen LogP contribution in [0.3, 0.4) is 0 Å². The number of hydrogen-bond acceptors (Lipinski definition) is 14. The van der Waals surface area contributed by atoms with E-state index in [-0.39, 0.29) is 10.1 Å². The molecule has 2 heterocycles. The van der Waals surface area contributed by atoms with Crippen molar-refractivity contribution in [2.75, 3.05) is 24.7 Å². The zero-order chi connectivity index (χ0) is 25.2. The third-order valence-electron chi connectivity index (χ3n) is 4.05. The lowest BCUT2D eigenvalue weighted by Crippen LogP contribution is -2.36. The van der Waals surface area contributed by atoms with Gasteiger partial charge in [0.2, 0.25) is 0 Å². The first-order chi connectivity index (χ1) is 15.0. The van der Waals surface area contributed by atoms with Crippen LogP contribution in [-0.4, -0.2) is 103 Å². The lowest BCUT2D eigenvalue weighted by molar-refractivity contribution is -0.391. The second kappa shape index (κ2) is 10.0. The van der Waals surface area contributed by atoms with Crippen molar-refractivity contribution >= 4 is 53.7 Å². The van der Waals surface area contributed by atoms with Gasteiger partial charge in [-0.3, -0.25) is 28.3 Å². The van der Waals surface area contributed by atoms with Crippen LogP contribution in [0.4, 0.5) is 0 Å². The Bertz CT molecular complexity index is 1060. The van der Waals surface area contributed by atoms with E-state index in [1.807, 2.05) is 0 Å². The van der Waals surface area contributed by atoms with Crippen LogP contribution in [0.25, 0.3) is 0 Å². The zero-order valence-corrected chi connectivity index (χ0v) is 18.6. The highest BCUT2D eigenvalue weighted by Crippen LogP contribution is 2.20. The van der Waals surface area contributed by atoms with Gasteiger partial charge < -0.3 is 0 Å². The standard InChI is InChI=1S/C12H16N2O16S3/c15-9-5-7(32(21,22)23)11(17)13(9)29-27-1-3-31(19,20)4-2-28-30-14-10(16)6-8(12(14)18)33(24,25)26/h7-8H,1-6H2,(H,21,22,23)(H,24,25,26). The van der Waals surface area contributed by atoms with E-state index in [9.17, 15) is 44.4 Å². The number of hydrogen-bond donors (Lipinski definition) is 2. The Balaban J connectivity index is 1.72. The van der Waals surface area contributed by atoms with Gasteiger partial charge in [0, 0.05) is 0 Å². The minimum Gasteiger partial charge on any atom is -0.285 e. The second-order valence-electron chi connectivity index (χ2n) is 6.41. The number of hydroxylamine groups is 4. The molecule has 0 bridgehead atoms. The highest BCUT2D eigenvalue weighted by molar-refractivity contribution is 7.91. The van der Waals surface area contributed by atoms with Crippen LogP contribution in [0.15, 0.2) is 0 Å². The molecule has 2 aliphatic heterocycles. The Kier molecular flexibility index (Phi) is 8.24. The monoisotopic (exact) mass is 540 g/mol. The molecule has 2 fully saturated rings. The maximum Gasteiger partial charge on any atom is 0.277 e. The Morgan fingerprint density at radius 1 is 0.697 bits per heavy atom. The van der Waals surface area contributed by atoms with Crippen molar-refractivity contribution in [3.63, 3.8) is 0 Å². The highest BCUT2D eigenvalue weighted by Gasteiger charge is 2.48. The fourth-order valence-corrected chi connectivity index (χ4v) is 4.65. The van der Waals surface area contributed by atoms with Crippen LogP contribution in [0.2, 0.25) is 0 Å². The number of imide groups is 2. The van der Waals surface area contributed by atoms with E-state index in [0.717, 1.165) is 0 Å². The fraction of sp³-hybridized carbons (Fsp3) is 0.667. The first-order valence-corrected chi connectivity index (χ1v) is 13.3. The summed E-state index contributed by atoms with van der Waals surface area (Å²) in [6.07, 6.45) is -1.80. The van der Waals surface area contributed by atoms with Crippen LogP contribution < -0.4 is 0 Å². The van der Waals surface area contributed by atoms with Gasteiger partial charge in [-0.2, -0.15) is 16.8 Å². The summed E-state index contributed by atoms with van der Waals surface area (Å²) in [6.45, 7) is -1.48. The molecule has 4 amide bonds. The summed E-state index contributed by atoms with van der Waals surface area (Å²) >= 11 is 0. The van der Waals surface area contributed by atoms with E-state index in [1.165, 1.54) is 0 Å². The number of amides is 4. The first-order valence-electron chi connectivity index (χ1n) is 8.50. The van der Waals surface area contributed by atoms with Crippen molar-refractivity contribution in [1.29, 1.82) is 0 Å². The molecule has 21 heteroatoms. The Labute approximate surface area is 185 Å². The van der Waals surface area contributed by atoms with Crippen molar-refractivity contribution < 1.29 is 73.3 Å². The molecule has 2 saturated heterocycles. The number of carbonyl (C=O) groups excluding carboxylic acids is 4. The molecular formula is C12H16N2O16S3. The minimum atomic E-state index is -4.86. The average molecular weight is 540 g/mol. The molecule has 33 heavy (non-hydrogen) atoms. The Morgan fingerprint density at radius 3 is 1.30 bits per heavy atom. The Hall–Kier alpha value is -2.11. The normalized spacial score (nSPS) is 22.6. The molecule has 2 rings (SSSR count). The van der Waals surface area contributed by atoms with E-state index in [1.54, 1.807) is 0 Å². The Morgan fingerprint density at radius 2 is 1.03 bits per heavy atom. The van der Waals surface area contributed by atoms with Crippen LogP contribution in [-0.2, 0) is 69.0 Å². The molecule has 0 aromatic carbocycles. The molecule has 0 aromatic heterocycles. The molecule has 18 nitrogen and oxygen atoms in total. The van der Waals surface area contributed by atoms with Gasteiger partial charge in [0.1, 0.15) is 0 Å². The van der Waals surface area contributed by atoms with Crippen LogP contribution in [0.1, 0.15) is 12.8 Å². The van der Waals surface area contributed by atoms with Crippen LogP contribution in [0.5, 0.6) is 0 Å². The summed E-state index contributed by atoms with van der Waals surface area (Å²) in [5, 5.41) is -4.33. The molecule has 188 valence electrons. The molecule has 0 spiro atoms. The van der Waals surface area contributed by atoms with E-state index in [2.05, 4.69) is 19.8 Å². The summed E-state index contributed by atoms with van der Waals surface area (Å²) in [5.74, 6) is -6.70. The van der Waals surface area contributed by atoms with Crippen molar-refractivity contribution in [1.82, 2.24) is 10.1 Å². The maximum atomic E-state index is 11.9. The third kappa shape index (κ3) is 6.94. The lowest BCUT2D eigenvalue weighted by Gasteiger charge is -2.13. The molecule has 2 atom stereocenters. The van der Waals surface area contributed by atoms with Gasteiger partial charge in [0.05, 0.1) is 37.6 Å². The smallest absolute Gasteiger partial charge is 0.277 e. The minimum absolute atomic E-state index is 0.0913. The molecule has 2 N–H and O–H groups in total. The van der Waals surface area contributed by atoms with Gasteiger partial charge in [-0.05, 0) is 0 Å². The summed E-state index contributed by atoms with van der Waals surface area (Å²) < 4.78 is 85.3. The predicted molar refractivity (Wildman–Crippen MR) is 96.3 cm³/mol. The largest absolute Gasteiger partial charge is 0.285 e. The maximum absolute atomic E-state index is 11.9. The number of carbonyl (C=O) groups is 4. The number of sulfone groups is 1. The fourth-order valence-electron chi connectivity index (χ4n) is 2.39. The quantitative estimate of drug-likeness (QED) is 0.0789. The first kappa shape index (κ1) is 27.1. The lowest BCUT2D eigenvalue weighted by atomic mass is 10.4. The van der Waals surface area contributed by atoms with Crippen molar-refractivity contribution in [2.24, 2.45) is 0 Å². The molecule has 0 radical (unpaired) electrons. The van der Waals surface area contributed by atoms with Crippen LogP contribution in [0, 0.1) is 0 Å². The van der Waals surface area contributed by atoms with Crippen molar-refractivity contribution in [3.8, 4) is 0 Å². The van der Waals surface area contributed by atoms with Gasteiger partial charge in [-0.1, -0.05) is 0 Å². The predicted octanol–water partition coefficient (Wildman–Crippen LogP) is -3.84. The highest BCUT2D eigenvalue weighted by atomic mass is 32.2. The van der Waals surface area contributed by atoms with Gasteiger partial charge in [0.25, 0.3) is 43.9 Å². The summed E-state index contributed by atoms with van der Waals surface area (Å²) in [5.41, 5.74) is 0. The molecular weight excluding hydrogens is 524 g/mol. The van der Waals surface area contributed by atoms with Gasteiger partial charge in [0.15, 0.2) is 20.3 Å². The van der Waals surface area contributed by atoms with E-state index in [4.69, 9.17) is 9.11 Å². The summed E-state index contributed by atoms with van der Waals surface area (Å²) in [7, 11) is -13.7. The molecule has 0 aromatic rings. The topological polar surface area (TPSA) is 255 Å². The molecule has 2 aliphatic rings. The van der Waals surface area contributed by atoms with Gasteiger partial charge in [-0.25, -0.2) is 18.2 Å². The van der Waals surface area contributed by atoms with Gasteiger partial charge in [-0.15, -0.1) is 20.1 Å². The molecule has 2 unspecified atom stereocenters. The van der Waals surface area contributed by atoms with Crippen molar-refractivity contribution in [3.05, 3.63) is 0 Å². The van der Waals surface area contributed by atoms with E-state index in [0.29, 0.717) is 0 Å². The molecule has 0 saturated carbocycles. The van der Waals surface area contributed by atoms with Crippen LogP contribution >= 0.6 is 0 Å². The van der Waals surface area contributed by atoms with E-state index >= 15 is 0 Å². The van der Waals surface area contributed by atoms with E-state index < -0.39 is 102 Å². The summed E-state index contributed by atoms with van der Waals surface area (Å²) in [4.78, 5) is 63.7. The molecule has 0 aliphatic carbocycles. The van der Waals surface area contributed by atoms with Crippen molar-refractivity contribution in [2.45, 2.75) is 23.3 Å². The SMILES string of the molecule is O=C1CC(S(=O)(=O)O)C(=O)N1OOCCS(=O)(=O)CCOON1C(=O)CC(S(=O)(=O)O)C1=O. The number of nitrogens with zero attached hydrogens (tertiary/aromatic N) is 2. The zero-order valence-electron chi connectivity index (χ0n) is 16.1. The average Bonchev–Trinajstić information content (AvgIpc) is 3.12. The number of rotatable bonds is 12.